The summed E-state index contributed by atoms with van der Waals surface area (Å²) in [5, 5.41) is 8.62. The normalized spacial score (nSPS) is 13.5. The molecule has 1 unspecified atom stereocenters. The van der Waals surface area contributed by atoms with Crippen LogP contribution in [-0.2, 0) is 10.5 Å². The van der Waals surface area contributed by atoms with Crippen LogP contribution < -0.4 is 5.73 Å². The maximum Gasteiger partial charge on any atom is 0.305 e. The molecule has 0 bridgehead atoms. The summed E-state index contributed by atoms with van der Waals surface area (Å²) in [6, 6.07) is 6.08. The highest BCUT2D eigenvalue weighted by molar-refractivity contribution is 5.67. The van der Waals surface area contributed by atoms with Crippen LogP contribution in [0.2, 0.25) is 0 Å². The lowest BCUT2D eigenvalue weighted by atomic mass is 9.95. The first-order valence-corrected chi connectivity index (χ1v) is 5.07. The van der Waals surface area contributed by atoms with Crippen molar-refractivity contribution in [2.45, 2.75) is 32.0 Å². The molecule has 4 heteroatoms. The Morgan fingerprint density at radius 1 is 1.56 bits per heavy atom. The quantitative estimate of drug-likeness (QED) is 0.826. The summed E-state index contributed by atoms with van der Waals surface area (Å²) in [5.41, 5.74) is 5.41. The molecule has 0 amide bonds. The number of aliphatic carboxylic acids is 1. The molecule has 1 aromatic carbocycles. The number of carbonyl (C=O) groups is 1. The Labute approximate surface area is 94.1 Å². The largest absolute Gasteiger partial charge is 0.481 e. The van der Waals surface area contributed by atoms with Gasteiger partial charge in [0.15, 0.2) is 0 Å². The average Bonchev–Trinajstić information content (AvgIpc) is 2.15. The van der Waals surface area contributed by atoms with Crippen LogP contribution in [-0.4, -0.2) is 11.1 Å². The van der Waals surface area contributed by atoms with Gasteiger partial charge in [0.05, 0.1) is 6.42 Å². The number of alkyl halides is 1. The minimum Gasteiger partial charge on any atom is -0.481 e. The van der Waals surface area contributed by atoms with Crippen LogP contribution in [0.3, 0.4) is 0 Å². The predicted molar refractivity (Wildman–Crippen MR) is 59.8 cm³/mol. The van der Waals surface area contributed by atoms with E-state index in [0.29, 0.717) is 11.1 Å². The van der Waals surface area contributed by atoms with E-state index in [0.717, 1.165) is 0 Å². The van der Waals surface area contributed by atoms with Crippen molar-refractivity contribution in [3.8, 4) is 0 Å². The second-order valence-corrected chi connectivity index (χ2v) is 4.30. The Kier molecular flexibility index (Phi) is 3.65. The number of nitrogens with two attached hydrogens (primary N) is 1. The molecule has 3 N–H and O–H groups in total. The van der Waals surface area contributed by atoms with Gasteiger partial charge in [-0.3, -0.25) is 4.79 Å². The number of rotatable bonds is 4. The number of halogens is 1. The van der Waals surface area contributed by atoms with Gasteiger partial charge in [-0.25, -0.2) is 4.39 Å². The Bertz CT molecular complexity index is 385. The van der Waals surface area contributed by atoms with Crippen LogP contribution in [0.1, 0.15) is 37.4 Å². The third-order valence-corrected chi connectivity index (χ3v) is 2.40. The lowest BCUT2D eigenvalue weighted by molar-refractivity contribution is -0.137. The molecule has 0 spiro atoms. The van der Waals surface area contributed by atoms with Gasteiger partial charge < -0.3 is 10.8 Å². The smallest absolute Gasteiger partial charge is 0.305 e. The molecular weight excluding hydrogens is 209 g/mol. The summed E-state index contributed by atoms with van der Waals surface area (Å²) in [6.07, 6.45) is -0.157. The van der Waals surface area contributed by atoms with Crippen molar-refractivity contribution in [3.63, 3.8) is 0 Å². The minimum absolute atomic E-state index is 0.157. The van der Waals surface area contributed by atoms with Crippen LogP contribution in [0, 0.1) is 0 Å². The minimum atomic E-state index is -1.45. The number of hydrogen-bond donors (Lipinski definition) is 2. The van der Waals surface area contributed by atoms with Crippen molar-refractivity contribution in [3.05, 3.63) is 35.4 Å². The number of hydrogen-bond acceptors (Lipinski definition) is 2. The molecule has 88 valence electrons. The van der Waals surface area contributed by atoms with Crippen molar-refractivity contribution < 1.29 is 14.3 Å². The maximum atomic E-state index is 13.7. The first kappa shape index (κ1) is 12.6. The van der Waals surface area contributed by atoms with E-state index < -0.39 is 17.7 Å². The van der Waals surface area contributed by atoms with Gasteiger partial charge in [0.2, 0.25) is 0 Å². The fourth-order valence-electron chi connectivity index (χ4n) is 1.45. The van der Waals surface area contributed by atoms with Gasteiger partial charge in [0, 0.05) is 6.04 Å². The van der Waals surface area contributed by atoms with E-state index in [4.69, 9.17) is 10.8 Å². The lowest BCUT2D eigenvalue weighted by Crippen LogP contribution is -2.16. The molecule has 16 heavy (non-hydrogen) atoms. The van der Waals surface area contributed by atoms with Crippen LogP contribution in [0.15, 0.2) is 24.3 Å². The number of benzene rings is 1. The van der Waals surface area contributed by atoms with E-state index in [2.05, 4.69) is 0 Å². The van der Waals surface area contributed by atoms with Gasteiger partial charge in [0.1, 0.15) is 5.67 Å². The van der Waals surface area contributed by atoms with Gasteiger partial charge in [-0.15, -0.1) is 0 Å². The Hall–Kier alpha value is -1.42. The van der Waals surface area contributed by atoms with E-state index in [-0.39, 0.29) is 6.42 Å². The molecule has 0 saturated heterocycles. The third-order valence-electron chi connectivity index (χ3n) is 2.40. The summed E-state index contributed by atoms with van der Waals surface area (Å²) in [7, 11) is 0. The van der Waals surface area contributed by atoms with E-state index in [9.17, 15) is 9.18 Å². The van der Waals surface area contributed by atoms with E-state index in [1.807, 2.05) is 0 Å². The van der Waals surface area contributed by atoms with Crippen LogP contribution >= 0.6 is 0 Å². The second kappa shape index (κ2) is 4.61. The molecule has 0 aliphatic heterocycles. The molecule has 0 heterocycles. The maximum absolute atomic E-state index is 13.7. The molecule has 3 nitrogen and oxygen atoms in total. The van der Waals surface area contributed by atoms with Crippen molar-refractivity contribution in [2.75, 3.05) is 0 Å². The Morgan fingerprint density at radius 2 is 2.19 bits per heavy atom. The second-order valence-electron chi connectivity index (χ2n) is 4.30. The highest BCUT2D eigenvalue weighted by atomic mass is 19.1. The molecule has 1 rings (SSSR count). The first-order chi connectivity index (χ1) is 7.30. The van der Waals surface area contributed by atoms with Crippen LogP contribution in [0.4, 0.5) is 4.39 Å². The highest BCUT2D eigenvalue weighted by Crippen LogP contribution is 2.26. The fraction of sp³-hybridized carbons (Fsp3) is 0.417. The molecule has 1 atom stereocenters. The molecule has 0 fully saturated rings. The molecule has 0 radical (unpaired) electrons. The molecular formula is C12H16FNO2. The molecule has 0 aliphatic rings. The number of carboxylic acids is 1. The number of carboxylic acid groups (broad SMARTS) is 1. The third kappa shape index (κ3) is 3.31. The highest BCUT2D eigenvalue weighted by Gasteiger charge is 2.20. The summed E-state index contributed by atoms with van der Waals surface area (Å²) in [5.74, 6) is -0.961. The topological polar surface area (TPSA) is 63.3 Å². The monoisotopic (exact) mass is 225 g/mol. The predicted octanol–water partition coefficient (Wildman–Crippen LogP) is 2.37. The van der Waals surface area contributed by atoms with Gasteiger partial charge >= 0.3 is 5.97 Å². The van der Waals surface area contributed by atoms with Crippen LogP contribution in [0.5, 0.6) is 0 Å². The van der Waals surface area contributed by atoms with Crippen LogP contribution in [0.25, 0.3) is 0 Å². The SMILES string of the molecule is CC(C)(F)c1cccc(C(N)CC(=O)O)c1. The fourth-order valence-corrected chi connectivity index (χ4v) is 1.45. The summed E-state index contributed by atoms with van der Waals surface area (Å²) in [4.78, 5) is 10.5. The lowest BCUT2D eigenvalue weighted by Gasteiger charge is -2.17. The first-order valence-electron chi connectivity index (χ1n) is 5.07. The van der Waals surface area contributed by atoms with Gasteiger partial charge in [-0.05, 0) is 25.0 Å². The Morgan fingerprint density at radius 3 is 2.69 bits per heavy atom. The summed E-state index contributed by atoms with van der Waals surface area (Å²) < 4.78 is 13.7. The Balaban J connectivity index is 2.94. The van der Waals surface area contributed by atoms with Crippen molar-refractivity contribution >= 4 is 5.97 Å². The van der Waals surface area contributed by atoms with Gasteiger partial charge in [-0.2, -0.15) is 0 Å². The van der Waals surface area contributed by atoms with Crippen molar-refractivity contribution in [1.29, 1.82) is 0 Å². The average molecular weight is 225 g/mol. The van der Waals surface area contributed by atoms with E-state index in [1.165, 1.54) is 13.8 Å². The molecule has 0 aliphatic carbocycles. The van der Waals surface area contributed by atoms with E-state index in [1.54, 1.807) is 24.3 Å². The standard InChI is InChI=1S/C12H16FNO2/c1-12(2,13)9-5-3-4-8(6-9)10(14)7-11(15)16/h3-6,10H,7,14H2,1-2H3,(H,15,16). The molecule has 0 aromatic heterocycles. The zero-order valence-corrected chi connectivity index (χ0v) is 9.40. The summed E-state index contributed by atoms with van der Waals surface area (Å²) >= 11 is 0. The van der Waals surface area contributed by atoms with Crippen molar-refractivity contribution in [1.82, 2.24) is 0 Å². The van der Waals surface area contributed by atoms with E-state index >= 15 is 0 Å². The van der Waals surface area contributed by atoms with Crippen molar-refractivity contribution in [2.24, 2.45) is 5.73 Å². The molecule has 0 saturated carbocycles. The zero-order valence-electron chi connectivity index (χ0n) is 9.40. The molecule has 1 aromatic rings. The van der Waals surface area contributed by atoms with Gasteiger partial charge in [-0.1, -0.05) is 24.3 Å². The van der Waals surface area contributed by atoms with Gasteiger partial charge in [0.25, 0.3) is 0 Å². The zero-order chi connectivity index (χ0) is 12.3. The summed E-state index contributed by atoms with van der Waals surface area (Å²) in [6.45, 7) is 2.91.